The van der Waals surface area contributed by atoms with E-state index in [2.05, 4.69) is 4.98 Å². The summed E-state index contributed by atoms with van der Waals surface area (Å²) < 4.78 is 40.2. The molecule has 2 saturated heterocycles. The fourth-order valence-electron chi connectivity index (χ4n) is 3.07. The molecule has 0 N–H and O–H groups in total. The van der Waals surface area contributed by atoms with Gasteiger partial charge in [0.25, 0.3) is 10.0 Å². The van der Waals surface area contributed by atoms with Gasteiger partial charge in [0, 0.05) is 39.4 Å². The molecule has 0 bridgehead atoms. The van der Waals surface area contributed by atoms with E-state index in [4.69, 9.17) is 9.47 Å². The summed E-state index contributed by atoms with van der Waals surface area (Å²) in [6.45, 7) is 5.49. The second-order valence-electron chi connectivity index (χ2n) is 6.50. The Kier molecular flexibility index (Phi) is 3.40. The molecule has 8 heteroatoms. The Labute approximate surface area is 124 Å². The van der Waals surface area contributed by atoms with Gasteiger partial charge in [-0.05, 0) is 13.8 Å². The van der Waals surface area contributed by atoms with E-state index in [9.17, 15) is 8.42 Å². The third-order valence-corrected chi connectivity index (χ3v) is 5.54. The number of imidazole rings is 1. The number of hydrogen-bond donors (Lipinski definition) is 0. The summed E-state index contributed by atoms with van der Waals surface area (Å²) in [6.07, 6.45) is 3.73. The highest BCUT2D eigenvalue weighted by Gasteiger charge is 2.50. The quantitative estimate of drug-likeness (QED) is 0.789. The molecule has 1 atom stereocenters. The fourth-order valence-corrected chi connectivity index (χ4v) is 4.70. The number of aromatic nitrogens is 2. The van der Waals surface area contributed by atoms with Gasteiger partial charge in [-0.3, -0.25) is 0 Å². The lowest BCUT2D eigenvalue weighted by molar-refractivity contribution is -0.180. The van der Waals surface area contributed by atoms with E-state index >= 15 is 0 Å². The molecule has 2 aliphatic rings. The number of morpholine rings is 1. The van der Waals surface area contributed by atoms with Gasteiger partial charge in [0.05, 0.1) is 18.5 Å². The molecule has 2 fully saturated rings. The maximum atomic E-state index is 12.8. The van der Waals surface area contributed by atoms with Crippen molar-refractivity contribution in [2.75, 3.05) is 26.3 Å². The second kappa shape index (κ2) is 4.77. The standard InChI is InChI=1S/C13H21N3O4S/c1-12(2)7-16(8-13(20-12)4-5-19-9-13)21(17,18)11-6-15(3)10-14-11/h6,10H,4-5,7-9H2,1-3H3. The van der Waals surface area contributed by atoms with E-state index in [1.165, 1.54) is 16.8 Å². The molecule has 1 spiro atoms. The molecule has 3 heterocycles. The van der Waals surface area contributed by atoms with Crippen LogP contribution >= 0.6 is 0 Å². The Hall–Kier alpha value is -0.960. The van der Waals surface area contributed by atoms with Crippen molar-refractivity contribution in [2.45, 2.75) is 36.5 Å². The summed E-state index contributed by atoms with van der Waals surface area (Å²) in [6, 6.07) is 0. The van der Waals surface area contributed by atoms with E-state index < -0.39 is 21.2 Å². The minimum absolute atomic E-state index is 0.0803. The van der Waals surface area contributed by atoms with Gasteiger partial charge in [0.1, 0.15) is 5.60 Å². The van der Waals surface area contributed by atoms with Gasteiger partial charge in [-0.25, -0.2) is 13.4 Å². The molecular weight excluding hydrogens is 294 g/mol. The van der Waals surface area contributed by atoms with Crippen LogP contribution in [0.25, 0.3) is 0 Å². The molecule has 118 valence electrons. The van der Waals surface area contributed by atoms with Crippen molar-refractivity contribution >= 4 is 10.0 Å². The Balaban J connectivity index is 1.93. The van der Waals surface area contributed by atoms with Crippen LogP contribution < -0.4 is 0 Å². The lowest BCUT2D eigenvalue weighted by Crippen LogP contribution is -2.61. The van der Waals surface area contributed by atoms with Crippen LogP contribution in [0.15, 0.2) is 17.6 Å². The fraction of sp³-hybridized carbons (Fsp3) is 0.769. The topological polar surface area (TPSA) is 73.7 Å². The molecule has 3 rings (SSSR count). The van der Waals surface area contributed by atoms with Crippen LogP contribution in [0.4, 0.5) is 0 Å². The number of sulfonamides is 1. The maximum absolute atomic E-state index is 12.8. The minimum Gasteiger partial charge on any atom is -0.378 e. The molecule has 1 aromatic rings. The predicted molar refractivity (Wildman–Crippen MR) is 75.3 cm³/mol. The summed E-state index contributed by atoms with van der Waals surface area (Å²) in [4.78, 5) is 3.99. The van der Waals surface area contributed by atoms with Gasteiger partial charge in [0.15, 0.2) is 5.03 Å². The smallest absolute Gasteiger partial charge is 0.262 e. The number of ether oxygens (including phenoxy) is 2. The molecule has 0 aliphatic carbocycles. The zero-order valence-corrected chi connectivity index (χ0v) is 13.4. The van der Waals surface area contributed by atoms with Gasteiger partial charge in [0.2, 0.25) is 0 Å². The lowest BCUT2D eigenvalue weighted by Gasteiger charge is -2.47. The van der Waals surface area contributed by atoms with Crippen molar-refractivity contribution in [1.29, 1.82) is 0 Å². The molecule has 1 aromatic heterocycles. The Morgan fingerprint density at radius 3 is 2.67 bits per heavy atom. The van der Waals surface area contributed by atoms with Crippen molar-refractivity contribution in [1.82, 2.24) is 13.9 Å². The molecule has 0 saturated carbocycles. The average molecular weight is 315 g/mol. The molecule has 7 nitrogen and oxygen atoms in total. The Morgan fingerprint density at radius 1 is 1.33 bits per heavy atom. The monoisotopic (exact) mass is 315 g/mol. The van der Waals surface area contributed by atoms with Crippen molar-refractivity contribution < 1.29 is 17.9 Å². The molecule has 21 heavy (non-hydrogen) atoms. The summed E-state index contributed by atoms with van der Waals surface area (Å²) >= 11 is 0. The summed E-state index contributed by atoms with van der Waals surface area (Å²) in [5.41, 5.74) is -1.09. The maximum Gasteiger partial charge on any atom is 0.262 e. The van der Waals surface area contributed by atoms with Crippen LogP contribution in [-0.4, -0.2) is 59.8 Å². The SMILES string of the molecule is Cn1cnc(S(=O)(=O)N2CC(C)(C)OC3(CCOC3)C2)c1. The number of nitrogens with zero attached hydrogens (tertiary/aromatic N) is 3. The van der Waals surface area contributed by atoms with E-state index in [-0.39, 0.29) is 5.03 Å². The highest BCUT2D eigenvalue weighted by molar-refractivity contribution is 7.89. The highest BCUT2D eigenvalue weighted by Crippen LogP contribution is 2.36. The normalized spacial score (nSPS) is 30.0. The van der Waals surface area contributed by atoms with Crippen molar-refractivity contribution in [2.24, 2.45) is 7.05 Å². The molecule has 0 radical (unpaired) electrons. The van der Waals surface area contributed by atoms with Crippen LogP contribution in [0.5, 0.6) is 0 Å². The van der Waals surface area contributed by atoms with E-state index in [0.717, 1.165) is 0 Å². The van der Waals surface area contributed by atoms with Gasteiger partial charge in [-0.1, -0.05) is 0 Å². The molecular formula is C13H21N3O4S. The Bertz CT molecular complexity index is 632. The molecule has 0 amide bonds. The van der Waals surface area contributed by atoms with Crippen LogP contribution in [0.1, 0.15) is 20.3 Å². The third kappa shape index (κ3) is 2.73. The largest absolute Gasteiger partial charge is 0.378 e. The zero-order chi connectivity index (χ0) is 15.3. The number of rotatable bonds is 2. The minimum atomic E-state index is -3.61. The second-order valence-corrected chi connectivity index (χ2v) is 8.38. The number of hydrogen-bond acceptors (Lipinski definition) is 5. The van der Waals surface area contributed by atoms with Gasteiger partial charge in [-0.15, -0.1) is 0 Å². The van der Waals surface area contributed by atoms with Crippen LogP contribution in [0.2, 0.25) is 0 Å². The Morgan fingerprint density at radius 2 is 2.10 bits per heavy atom. The van der Waals surface area contributed by atoms with Crippen molar-refractivity contribution in [3.8, 4) is 0 Å². The van der Waals surface area contributed by atoms with Crippen molar-refractivity contribution in [3.63, 3.8) is 0 Å². The average Bonchev–Trinajstić information content (AvgIpc) is 2.97. The zero-order valence-electron chi connectivity index (χ0n) is 12.6. The first-order valence-corrected chi connectivity index (χ1v) is 8.43. The predicted octanol–water partition coefficient (Wildman–Crippen LogP) is 0.379. The number of aryl methyl sites for hydroxylation is 1. The molecule has 2 aliphatic heterocycles. The lowest BCUT2D eigenvalue weighted by atomic mass is 9.97. The summed E-state index contributed by atoms with van der Waals surface area (Å²) in [5.74, 6) is 0. The van der Waals surface area contributed by atoms with Crippen LogP contribution in [0, 0.1) is 0 Å². The third-order valence-electron chi connectivity index (χ3n) is 3.87. The van der Waals surface area contributed by atoms with E-state index in [1.54, 1.807) is 11.6 Å². The van der Waals surface area contributed by atoms with E-state index in [0.29, 0.717) is 32.7 Å². The first-order valence-electron chi connectivity index (χ1n) is 6.99. The van der Waals surface area contributed by atoms with E-state index in [1.807, 2.05) is 13.8 Å². The van der Waals surface area contributed by atoms with Gasteiger partial charge in [-0.2, -0.15) is 4.31 Å². The highest BCUT2D eigenvalue weighted by atomic mass is 32.2. The van der Waals surface area contributed by atoms with Crippen LogP contribution in [-0.2, 0) is 26.5 Å². The summed E-state index contributed by atoms with van der Waals surface area (Å²) in [7, 11) is -1.86. The van der Waals surface area contributed by atoms with Gasteiger partial charge < -0.3 is 14.0 Å². The van der Waals surface area contributed by atoms with Gasteiger partial charge >= 0.3 is 0 Å². The first-order chi connectivity index (χ1) is 9.73. The van der Waals surface area contributed by atoms with Crippen molar-refractivity contribution in [3.05, 3.63) is 12.5 Å². The first kappa shape index (κ1) is 15.0. The summed E-state index contributed by atoms with van der Waals surface area (Å²) in [5, 5.41) is 0.0803. The molecule has 0 aromatic carbocycles. The molecule has 1 unspecified atom stereocenters. The van der Waals surface area contributed by atoms with Crippen LogP contribution in [0.3, 0.4) is 0 Å².